The lowest BCUT2D eigenvalue weighted by atomic mass is 10.1. The Hall–Kier alpha value is -2.28. The van der Waals surface area contributed by atoms with Crippen LogP contribution < -0.4 is 5.32 Å². The standard InChI is InChI=1S/C17H26N2O5/c1-12(18-15(21)22)10-19(16(23)24-17(2,3)4)11-14(20)13-8-6-5-7-9-13/h5-9,12,14,18,20H,10-11H2,1-4H3,(H,21,22). The number of carbonyl (C=O) groups is 2. The Morgan fingerprint density at radius 3 is 2.29 bits per heavy atom. The molecular formula is C17H26N2O5. The summed E-state index contributed by atoms with van der Waals surface area (Å²) in [6, 6.07) is 8.45. The summed E-state index contributed by atoms with van der Waals surface area (Å²) in [6.45, 7) is 6.97. The van der Waals surface area contributed by atoms with Gasteiger partial charge >= 0.3 is 12.2 Å². The third-order valence-corrected chi connectivity index (χ3v) is 3.09. The molecule has 2 amide bonds. The fourth-order valence-electron chi connectivity index (χ4n) is 2.13. The summed E-state index contributed by atoms with van der Waals surface area (Å²) in [4.78, 5) is 24.4. The van der Waals surface area contributed by atoms with E-state index in [2.05, 4.69) is 5.32 Å². The zero-order valence-corrected chi connectivity index (χ0v) is 14.5. The Morgan fingerprint density at radius 2 is 1.79 bits per heavy atom. The van der Waals surface area contributed by atoms with Crippen LogP contribution in [0.3, 0.4) is 0 Å². The van der Waals surface area contributed by atoms with E-state index in [0.29, 0.717) is 5.56 Å². The van der Waals surface area contributed by atoms with Crippen molar-refractivity contribution in [2.45, 2.75) is 45.4 Å². The molecule has 3 N–H and O–H groups in total. The van der Waals surface area contributed by atoms with Gasteiger partial charge in [-0.1, -0.05) is 30.3 Å². The number of ether oxygens (including phenoxy) is 1. The van der Waals surface area contributed by atoms with E-state index in [1.165, 1.54) is 4.90 Å². The predicted octanol–water partition coefficient (Wildman–Crippen LogP) is 2.61. The molecule has 1 rings (SSSR count). The number of hydrogen-bond donors (Lipinski definition) is 3. The van der Waals surface area contributed by atoms with Crippen molar-refractivity contribution < 1.29 is 24.5 Å². The Kier molecular flexibility index (Phi) is 7.03. The third kappa shape index (κ3) is 7.32. The molecule has 7 heteroatoms. The highest BCUT2D eigenvalue weighted by Crippen LogP contribution is 2.17. The Labute approximate surface area is 142 Å². The van der Waals surface area contributed by atoms with Crippen LogP contribution in [0.1, 0.15) is 39.4 Å². The molecule has 0 aliphatic carbocycles. The summed E-state index contributed by atoms with van der Waals surface area (Å²) in [6.07, 6.45) is -2.66. The summed E-state index contributed by atoms with van der Waals surface area (Å²) < 4.78 is 5.34. The second-order valence-corrected chi connectivity index (χ2v) is 6.66. The molecule has 0 fully saturated rings. The number of amides is 2. The van der Waals surface area contributed by atoms with Crippen molar-refractivity contribution >= 4 is 12.2 Å². The van der Waals surface area contributed by atoms with Gasteiger partial charge in [-0.3, -0.25) is 0 Å². The molecule has 0 spiro atoms. The van der Waals surface area contributed by atoms with Crippen molar-refractivity contribution in [2.24, 2.45) is 0 Å². The Balaban J connectivity index is 2.83. The van der Waals surface area contributed by atoms with Crippen LogP contribution in [0.25, 0.3) is 0 Å². The molecule has 7 nitrogen and oxygen atoms in total. The minimum atomic E-state index is -1.17. The van der Waals surface area contributed by atoms with E-state index in [0.717, 1.165) is 0 Å². The van der Waals surface area contributed by atoms with Crippen molar-refractivity contribution in [2.75, 3.05) is 13.1 Å². The number of carbonyl (C=O) groups excluding carboxylic acids is 1. The van der Waals surface area contributed by atoms with Gasteiger partial charge in [0.15, 0.2) is 0 Å². The first-order valence-electron chi connectivity index (χ1n) is 7.79. The fourth-order valence-corrected chi connectivity index (χ4v) is 2.13. The first kappa shape index (κ1) is 19.8. The van der Waals surface area contributed by atoms with Crippen molar-refractivity contribution in [3.63, 3.8) is 0 Å². The smallest absolute Gasteiger partial charge is 0.410 e. The van der Waals surface area contributed by atoms with Gasteiger partial charge in [-0.05, 0) is 33.3 Å². The molecular weight excluding hydrogens is 312 g/mol. The van der Waals surface area contributed by atoms with Crippen LogP contribution >= 0.6 is 0 Å². The van der Waals surface area contributed by atoms with Gasteiger partial charge in [0.2, 0.25) is 0 Å². The Morgan fingerprint density at radius 1 is 1.21 bits per heavy atom. The van der Waals surface area contributed by atoms with E-state index in [4.69, 9.17) is 9.84 Å². The van der Waals surface area contributed by atoms with Crippen LogP contribution in [0.15, 0.2) is 30.3 Å². The molecule has 0 saturated carbocycles. The quantitative estimate of drug-likeness (QED) is 0.740. The maximum atomic E-state index is 12.4. The highest BCUT2D eigenvalue weighted by atomic mass is 16.6. The van der Waals surface area contributed by atoms with E-state index in [-0.39, 0.29) is 13.1 Å². The molecule has 0 radical (unpaired) electrons. The van der Waals surface area contributed by atoms with Crippen molar-refractivity contribution in [3.8, 4) is 0 Å². The van der Waals surface area contributed by atoms with Crippen LogP contribution in [0.4, 0.5) is 9.59 Å². The predicted molar refractivity (Wildman–Crippen MR) is 89.8 cm³/mol. The summed E-state index contributed by atoms with van der Waals surface area (Å²) in [5, 5.41) is 21.4. The van der Waals surface area contributed by atoms with Gasteiger partial charge in [-0.2, -0.15) is 0 Å². The first-order valence-corrected chi connectivity index (χ1v) is 7.79. The molecule has 0 aliphatic rings. The fraction of sp³-hybridized carbons (Fsp3) is 0.529. The number of benzene rings is 1. The molecule has 2 unspecified atom stereocenters. The van der Waals surface area contributed by atoms with Gasteiger partial charge in [0.25, 0.3) is 0 Å². The van der Waals surface area contributed by atoms with Gasteiger partial charge in [0.1, 0.15) is 5.60 Å². The lowest BCUT2D eigenvalue weighted by Gasteiger charge is -2.30. The molecule has 0 heterocycles. The summed E-state index contributed by atoms with van der Waals surface area (Å²) in [7, 11) is 0. The summed E-state index contributed by atoms with van der Waals surface area (Å²) >= 11 is 0. The van der Waals surface area contributed by atoms with Gasteiger partial charge in [0.05, 0.1) is 12.6 Å². The number of nitrogens with one attached hydrogen (secondary N) is 1. The molecule has 0 aliphatic heterocycles. The second kappa shape index (κ2) is 8.54. The number of aliphatic hydroxyl groups excluding tert-OH is 1. The molecule has 1 aromatic carbocycles. The third-order valence-electron chi connectivity index (χ3n) is 3.09. The van der Waals surface area contributed by atoms with E-state index >= 15 is 0 Å². The monoisotopic (exact) mass is 338 g/mol. The van der Waals surface area contributed by atoms with Crippen LogP contribution in [0.5, 0.6) is 0 Å². The van der Waals surface area contributed by atoms with Crippen molar-refractivity contribution in [3.05, 3.63) is 35.9 Å². The van der Waals surface area contributed by atoms with Gasteiger partial charge < -0.3 is 25.2 Å². The van der Waals surface area contributed by atoms with Gasteiger partial charge in [0, 0.05) is 12.6 Å². The number of aliphatic hydroxyl groups is 1. The minimum absolute atomic E-state index is 0.00453. The molecule has 0 bridgehead atoms. The largest absolute Gasteiger partial charge is 0.465 e. The summed E-state index contributed by atoms with van der Waals surface area (Å²) in [5.74, 6) is 0. The van der Waals surface area contributed by atoms with Crippen LogP contribution in [0, 0.1) is 0 Å². The normalized spacial score (nSPS) is 13.7. The van der Waals surface area contributed by atoms with Crippen molar-refractivity contribution in [1.29, 1.82) is 0 Å². The topological polar surface area (TPSA) is 99.1 Å². The maximum absolute atomic E-state index is 12.4. The number of carboxylic acid groups (broad SMARTS) is 1. The number of rotatable bonds is 6. The molecule has 0 aromatic heterocycles. The molecule has 2 atom stereocenters. The van der Waals surface area contributed by atoms with E-state index in [1.54, 1.807) is 52.0 Å². The average molecular weight is 338 g/mol. The molecule has 24 heavy (non-hydrogen) atoms. The lowest BCUT2D eigenvalue weighted by Crippen LogP contribution is -2.47. The molecule has 0 saturated heterocycles. The van der Waals surface area contributed by atoms with Crippen LogP contribution in [0.2, 0.25) is 0 Å². The van der Waals surface area contributed by atoms with Crippen LogP contribution in [-0.2, 0) is 4.74 Å². The van der Waals surface area contributed by atoms with E-state index in [1.807, 2.05) is 6.07 Å². The SMILES string of the molecule is CC(CN(CC(O)c1ccccc1)C(=O)OC(C)(C)C)NC(=O)O. The van der Waals surface area contributed by atoms with E-state index in [9.17, 15) is 14.7 Å². The Bertz CT molecular complexity index is 542. The van der Waals surface area contributed by atoms with Gasteiger partial charge in [-0.25, -0.2) is 9.59 Å². The second-order valence-electron chi connectivity index (χ2n) is 6.66. The highest BCUT2D eigenvalue weighted by Gasteiger charge is 2.26. The number of hydrogen-bond acceptors (Lipinski definition) is 4. The van der Waals surface area contributed by atoms with E-state index < -0.39 is 29.9 Å². The molecule has 1 aromatic rings. The summed E-state index contributed by atoms with van der Waals surface area (Å²) in [5.41, 5.74) is -0.0128. The number of nitrogens with zero attached hydrogens (tertiary/aromatic N) is 1. The zero-order valence-electron chi connectivity index (χ0n) is 14.5. The van der Waals surface area contributed by atoms with Gasteiger partial charge in [-0.15, -0.1) is 0 Å². The minimum Gasteiger partial charge on any atom is -0.465 e. The molecule has 134 valence electrons. The first-order chi connectivity index (χ1) is 11.1. The lowest BCUT2D eigenvalue weighted by molar-refractivity contribution is 0.0127. The highest BCUT2D eigenvalue weighted by molar-refractivity contribution is 5.69. The zero-order chi connectivity index (χ0) is 18.3. The average Bonchev–Trinajstić information content (AvgIpc) is 2.44. The maximum Gasteiger partial charge on any atom is 0.410 e. The van der Waals surface area contributed by atoms with Crippen molar-refractivity contribution in [1.82, 2.24) is 10.2 Å². The van der Waals surface area contributed by atoms with Crippen LogP contribution in [-0.4, -0.2) is 52.0 Å².